The molecule has 0 aromatic carbocycles. The highest BCUT2D eigenvalue weighted by molar-refractivity contribution is 7.09. The van der Waals surface area contributed by atoms with E-state index in [1.807, 2.05) is 19.4 Å². The second-order valence-corrected chi connectivity index (χ2v) is 6.40. The van der Waals surface area contributed by atoms with Gasteiger partial charge in [-0.2, -0.15) is 0 Å². The van der Waals surface area contributed by atoms with Crippen molar-refractivity contribution in [3.05, 3.63) is 16.1 Å². The van der Waals surface area contributed by atoms with E-state index in [-0.39, 0.29) is 5.54 Å². The summed E-state index contributed by atoms with van der Waals surface area (Å²) in [5.41, 5.74) is 0.991. The number of nitrogens with one attached hydrogen (secondary N) is 1. The molecule has 0 amide bonds. The van der Waals surface area contributed by atoms with E-state index in [0.29, 0.717) is 18.6 Å². The second kappa shape index (κ2) is 5.93. The topological polar surface area (TPSA) is 42.0 Å². The number of Topliss-reactive ketones (excluding diaryl/α,β-unsaturated/α-hetero) is 1. The van der Waals surface area contributed by atoms with E-state index in [1.165, 1.54) is 19.3 Å². The van der Waals surface area contributed by atoms with E-state index in [0.717, 1.165) is 23.5 Å². The van der Waals surface area contributed by atoms with Crippen molar-refractivity contribution in [2.75, 3.05) is 7.05 Å². The van der Waals surface area contributed by atoms with Crippen LogP contribution < -0.4 is 5.32 Å². The number of hydrogen-bond acceptors (Lipinski definition) is 4. The predicted octanol–water partition coefficient (Wildman–Crippen LogP) is 2.88. The summed E-state index contributed by atoms with van der Waals surface area (Å²) >= 11 is 1.62. The van der Waals surface area contributed by atoms with E-state index < -0.39 is 0 Å². The fourth-order valence-corrected chi connectivity index (χ4v) is 3.49. The molecule has 0 radical (unpaired) electrons. The second-order valence-electron chi connectivity index (χ2n) is 5.34. The quantitative estimate of drug-likeness (QED) is 0.891. The highest BCUT2D eigenvalue weighted by atomic mass is 32.1. The highest BCUT2D eigenvalue weighted by Gasteiger charge is 2.32. The standard InChI is InChI=1S/C14H22N2OS/c1-11-16-12(10-18-11)8-13(17)9-14(15-2)6-4-3-5-7-14/h10,15H,3-9H2,1-2H3. The summed E-state index contributed by atoms with van der Waals surface area (Å²) in [5, 5.41) is 6.44. The number of nitrogens with zero attached hydrogens (tertiary/aromatic N) is 1. The van der Waals surface area contributed by atoms with E-state index in [9.17, 15) is 4.79 Å². The largest absolute Gasteiger partial charge is 0.314 e. The van der Waals surface area contributed by atoms with Gasteiger partial charge in [0.15, 0.2) is 0 Å². The molecule has 1 aliphatic rings. The Kier molecular flexibility index (Phi) is 4.51. The van der Waals surface area contributed by atoms with Crippen molar-refractivity contribution in [2.45, 2.75) is 57.4 Å². The van der Waals surface area contributed by atoms with Gasteiger partial charge in [0.2, 0.25) is 0 Å². The molecule has 1 aliphatic carbocycles. The molecule has 0 spiro atoms. The predicted molar refractivity (Wildman–Crippen MR) is 75.1 cm³/mol. The minimum atomic E-state index is 0.0560. The van der Waals surface area contributed by atoms with Crippen LogP contribution in [-0.2, 0) is 11.2 Å². The van der Waals surface area contributed by atoms with Crippen molar-refractivity contribution in [3.63, 3.8) is 0 Å². The van der Waals surface area contributed by atoms with Crippen LogP contribution in [0.4, 0.5) is 0 Å². The molecule has 0 unspecified atom stereocenters. The summed E-state index contributed by atoms with van der Waals surface area (Å²) in [7, 11) is 1.99. The number of rotatable bonds is 5. The lowest BCUT2D eigenvalue weighted by molar-refractivity contribution is -0.120. The minimum Gasteiger partial charge on any atom is -0.314 e. The molecule has 4 heteroatoms. The summed E-state index contributed by atoms with van der Waals surface area (Å²) in [5.74, 6) is 0.316. The maximum Gasteiger partial charge on any atom is 0.140 e. The molecule has 2 rings (SSSR count). The SMILES string of the molecule is CNC1(CC(=O)Cc2csc(C)n2)CCCCC1. The Labute approximate surface area is 113 Å². The first-order valence-corrected chi connectivity index (χ1v) is 7.63. The van der Waals surface area contributed by atoms with Crippen LogP contribution in [-0.4, -0.2) is 23.4 Å². The first-order valence-electron chi connectivity index (χ1n) is 6.75. The van der Waals surface area contributed by atoms with Crippen molar-refractivity contribution in [3.8, 4) is 0 Å². The smallest absolute Gasteiger partial charge is 0.140 e. The van der Waals surface area contributed by atoms with E-state index >= 15 is 0 Å². The zero-order valence-corrected chi connectivity index (χ0v) is 12.1. The zero-order valence-electron chi connectivity index (χ0n) is 11.3. The number of hydrogen-bond donors (Lipinski definition) is 1. The first-order chi connectivity index (χ1) is 8.63. The van der Waals surface area contributed by atoms with Gasteiger partial charge in [-0.1, -0.05) is 19.3 Å². The molecule has 18 heavy (non-hydrogen) atoms. The lowest BCUT2D eigenvalue weighted by Gasteiger charge is -2.36. The van der Waals surface area contributed by atoms with Crippen LogP contribution in [0.3, 0.4) is 0 Å². The normalized spacial score (nSPS) is 18.8. The van der Waals surface area contributed by atoms with Gasteiger partial charge in [-0.25, -0.2) is 4.98 Å². The van der Waals surface area contributed by atoms with Crippen LogP contribution >= 0.6 is 11.3 Å². The monoisotopic (exact) mass is 266 g/mol. The number of aryl methyl sites for hydroxylation is 1. The molecule has 100 valence electrons. The lowest BCUT2D eigenvalue weighted by atomic mass is 9.78. The number of ketones is 1. The van der Waals surface area contributed by atoms with Crippen LogP contribution in [0.2, 0.25) is 0 Å². The van der Waals surface area contributed by atoms with Gasteiger partial charge >= 0.3 is 0 Å². The molecule has 1 saturated carbocycles. The summed E-state index contributed by atoms with van der Waals surface area (Å²) < 4.78 is 0. The Morgan fingerprint density at radius 2 is 2.17 bits per heavy atom. The molecule has 0 atom stereocenters. The third-order valence-electron chi connectivity index (χ3n) is 3.92. The Morgan fingerprint density at radius 1 is 1.44 bits per heavy atom. The number of aromatic nitrogens is 1. The number of thiazole rings is 1. The van der Waals surface area contributed by atoms with Gasteiger partial charge in [0.25, 0.3) is 0 Å². The molecule has 1 aromatic heterocycles. The molecule has 3 nitrogen and oxygen atoms in total. The van der Waals surface area contributed by atoms with Crippen molar-refractivity contribution < 1.29 is 4.79 Å². The number of carbonyl (C=O) groups is 1. The van der Waals surface area contributed by atoms with Gasteiger partial charge in [0.05, 0.1) is 10.7 Å². The zero-order chi connectivity index (χ0) is 13.0. The lowest BCUT2D eigenvalue weighted by Crippen LogP contribution is -2.46. The average Bonchev–Trinajstić information content (AvgIpc) is 2.75. The molecule has 1 N–H and O–H groups in total. The Bertz CT molecular complexity index is 408. The van der Waals surface area contributed by atoms with Crippen LogP contribution in [0.1, 0.15) is 49.2 Å². The van der Waals surface area contributed by atoms with E-state index in [2.05, 4.69) is 10.3 Å². The average molecular weight is 266 g/mol. The highest BCUT2D eigenvalue weighted by Crippen LogP contribution is 2.31. The third kappa shape index (κ3) is 3.39. The fraction of sp³-hybridized carbons (Fsp3) is 0.714. The first kappa shape index (κ1) is 13.7. The van der Waals surface area contributed by atoms with Gasteiger partial charge < -0.3 is 5.32 Å². The Balaban J connectivity index is 1.93. The molecule has 0 bridgehead atoms. The summed E-state index contributed by atoms with van der Waals surface area (Å²) in [6.07, 6.45) is 7.20. The van der Waals surface area contributed by atoms with Crippen LogP contribution in [0, 0.1) is 6.92 Å². The van der Waals surface area contributed by atoms with Gasteiger partial charge in [-0.3, -0.25) is 4.79 Å². The van der Waals surface area contributed by atoms with Crippen molar-refractivity contribution >= 4 is 17.1 Å². The molecule has 0 aliphatic heterocycles. The summed E-state index contributed by atoms with van der Waals surface area (Å²) in [6.45, 7) is 1.98. The van der Waals surface area contributed by atoms with Crippen molar-refractivity contribution in [1.82, 2.24) is 10.3 Å². The van der Waals surface area contributed by atoms with E-state index in [4.69, 9.17) is 0 Å². The van der Waals surface area contributed by atoms with Crippen LogP contribution in [0.25, 0.3) is 0 Å². The van der Waals surface area contributed by atoms with Gasteiger partial charge in [-0.15, -0.1) is 11.3 Å². The Hall–Kier alpha value is -0.740. The van der Waals surface area contributed by atoms with Gasteiger partial charge in [-0.05, 0) is 26.8 Å². The van der Waals surface area contributed by atoms with Crippen molar-refractivity contribution in [1.29, 1.82) is 0 Å². The molecular weight excluding hydrogens is 244 g/mol. The van der Waals surface area contributed by atoms with Crippen molar-refractivity contribution in [2.24, 2.45) is 0 Å². The molecule has 1 heterocycles. The maximum absolute atomic E-state index is 12.2. The third-order valence-corrected chi connectivity index (χ3v) is 4.74. The van der Waals surface area contributed by atoms with Crippen LogP contribution in [0.5, 0.6) is 0 Å². The van der Waals surface area contributed by atoms with E-state index in [1.54, 1.807) is 11.3 Å². The van der Waals surface area contributed by atoms with Gasteiger partial charge in [0, 0.05) is 23.8 Å². The van der Waals surface area contributed by atoms with Crippen LogP contribution in [0.15, 0.2) is 5.38 Å². The number of carbonyl (C=O) groups excluding carboxylic acids is 1. The molecule has 1 aromatic rings. The summed E-state index contributed by atoms with van der Waals surface area (Å²) in [4.78, 5) is 16.5. The molecule has 0 saturated heterocycles. The summed E-state index contributed by atoms with van der Waals surface area (Å²) in [6, 6.07) is 0. The fourth-order valence-electron chi connectivity index (χ4n) is 2.88. The molecule has 1 fully saturated rings. The molecular formula is C14H22N2OS. The Morgan fingerprint density at radius 3 is 2.72 bits per heavy atom. The maximum atomic E-state index is 12.2. The minimum absolute atomic E-state index is 0.0560. The van der Waals surface area contributed by atoms with Gasteiger partial charge in [0.1, 0.15) is 5.78 Å².